The average molecular weight is 250 g/mol. The lowest BCUT2D eigenvalue weighted by Gasteiger charge is -2.25. The molecule has 1 fully saturated rings. The molecule has 0 aliphatic carbocycles. The van der Waals surface area contributed by atoms with Crippen molar-refractivity contribution in [1.82, 2.24) is 0 Å². The zero-order chi connectivity index (χ0) is 12.5. The molecule has 1 unspecified atom stereocenters. The second-order valence-corrected chi connectivity index (χ2v) is 4.70. The fourth-order valence-electron chi connectivity index (χ4n) is 2.46. The van der Waals surface area contributed by atoms with Gasteiger partial charge in [-0.05, 0) is 30.9 Å². The van der Waals surface area contributed by atoms with E-state index in [0.717, 1.165) is 12.8 Å². The highest BCUT2D eigenvalue weighted by atomic mass is 19.1. The highest BCUT2D eigenvalue weighted by Gasteiger charge is 2.26. The standard InChI is InChI=1S/C14H15FO3/c15-11-3-1-2-10-8-12(18-14(10)11)13(16)9-4-6-17-7-5-9/h1-3,8-9,13,16H,4-7H2. The quantitative estimate of drug-likeness (QED) is 0.890. The number of para-hydroxylation sites is 1. The van der Waals surface area contributed by atoms with Crippen molar-refractivity contribution in [1.29, 1.82) is 0 Å². The van der Waals surface area contributed by atoms with Crippen LogP contribution in [0, 0.1) is 11.7 Å². The number of aliphatic hydroxyl groups excluding tert-OH is 1. The van der Waals surface area contributed by atoms with E-state index in [4.69, 9.17) is 9.15 Å². The third-order valence-electron chi connectivity index (χ3n) is 3.52. The van der Waals surface area contributed by atoms with Crippen LogP contribution in [0.4, 0.5) is 4.39 Å². The smallest absolute Gasteiger partial charge is 0.170 e. The summed E-state index contributed by atoms with van der Waals surface area (Å²) in [7, 11) is 0. The van der Waals surface area contributed by atoms with E-state index in [-0.39, 0.29) is 11.5 Å². The first-order valence-electron chi connectivity index (χ1n) is 6.19. The predicted octanol–water partition coefficient (Wildman–Crippen LogP) is 3.03. The molecule has 1 aliphatic heterocycles. The van der Waals surface area contributed by atoms with E-state index in [1.807, 2.05) is 0 Å². The SMILES string of the molecule is OC(c1cc2cccc(F)c2o1)C1CCOCC1. The zero-order valence-corrected chi connectivity index (χ0v) is 9.93. The van der Waals surface area contributed by atoms with Crippen LogP contribution in [0.2, 0.25) is 0 Å². The molecular weight excluding hydrogens is 235 g/mol. The summed E-state index contributed by atoms with van der Waals surface area (Å²) < 4.78 is 24.2. The topological polar surface area (TPSA) is 42.6 Å². The van der Waals surface area contributed by atoms with Crippen LogP contribution in [-0.4, -0.2) is 18.3 Å². The zero-order valence-electron chi connectivity index (χ0n) is 9.93. The van der Waals surface area contributed by atoms with Gasteiger partial charge in [0.05, 0.1) is 0 Å². The number of ether oxygens (including phenoxy) is 1. The lowest BCUT2D eigenvalue weighted by molar-refractivity contribution is -0.000542. The summed E-state index contributed by atoms with van der Waals surface area (Å²) in [5.41, 5.74) is 0.221. The molecule has 1 aromatic heterocycles. The first-order chi connectivity index (χ1) is 8.75. The van der Waals surface area contributed by atoms with Crippen LogP contribution >= 0.6 is 0 Å². The minimum absolute atomic E-state index is 0.127. The molecule has 18 heavy (non-hydrogen) atoms. The summed E-state index contributed by atoms with van der Waals surface area (Å²) in [6.07, 6.45) is 0.933. The molecule has 0 saturated carbocycles. The molecule has 0 amide bonds. The summed E-state index contributed by atoms with van der Waals surface area (Å²) in [4.78, 5) is 0. The van der Waals surface area contributed by atoms with Crippen molar-refractivity contribution >= 4 is 11.0 Å². The highest BCUT2D eigenvalue weighted by molar-refractivity contribution is 5.78. The molecule has 96 valence electrons. The highest BCUT2D eigenvalue weighted by Crippen LogP contribution is 2.33. The fraction of sp³-hybridized carbons (Fsp3) is 0.429. The van der Waals surface area contributed by atoms with Gasteiger partial charge in [0.1, 0.15) is 11.9 Å². The van der Waals surface area contributed by atoms with Gasteiger partial charge in [-0.1, -0.05) is 12.1 Å². The maximum absolute atomic E-state index is 13.5. The van der Waals surface area contributed by atoms with Crippen molar-refractivity contribution in [3.05, 3.63) is 35.8 Å². The van der Waals surface area contributed by atoms with E-state index >= 15 is 0 Å². The molecule has 0 spiro atoms. The molecule has 3 nitrogen and oxygen atoms in total. The summed E-state index contributed by atoms with van der Waals surface area (Å²) in [5, 5.41) is 11.0. The first-order valence-corrected chi connectivity index (χ1v) is 6.19. The third-order valence-corrected chi connectivity index (χ3v) is 3.52. The number of hydrogen-bond donors (Lipinski definition) is 1. The van der Waals surface area contributed by atoms with Crippen molar-refractivity contribution in [2.24, 2.45) is 5.92 Å². The minimum atomic E-state index is -0.680. The lowest BCUT2D eigenvalue weighted by atomic mass is 9.92. The Labute approximate surface area is 104 Å². The number of aliphatic hydroxyl groups is 1. The van der Waals surface area contributed by atoms with E-state index in [1.165, 1.54) is 6.07 Å². The number of halogens is 1. The molecule has 2 heterocycles. The van der Waals surface area contributed by atoms with Crippen LogP contribution in [0.1, 0.15) is 24.7 Å². The van der Waals surface area contributed by atoms with Crippen LogP contribution in [0.3, 0.4) is 0 Å². The Morgan fingerprint density at radius 2 is 2.06 bits per heavy atom. The van der Waals surface area contributed by atoms with Gasteiger partial charge in [0.25, 0.3) is 0 Å². The minimum Gasteiger partial charge on any atom is -0.455 e. The number of rotatable bonds is 2. The number of fused-ring (bicyclic) bond motifs is 1. The van der Waals surface area contributed by atoms with Gasteiger partial charge < -0.3 is 14.3 Å². The lowest BCUT2D eigenvalue weighted by Crippen LogP contribution is -2.21. The van der Waals surface area contributed by atoms with Crippen LogP contribution in [0.5, 0.6) is 0 Å². The van der Waals surface area contributed by atoms with Crippen LogP contribution < -0.4 is 0 Å². The van der Waals surface area contributed by atoms with Gasteiger partial charge >= 0.3 is 0 Å². The predicted molar refractivity (Wildman–Crippen MR) is 64.7 cm³/mol. The van der Waals surface area contributed by atoms with Gasteiger partial charge in [-0.15, -0.1) is 0 Å². The molecule has 3 rings (SSSR count). The van der Waals surface area contributed by atoms with Crippen molar-refractivity contribution in [2.45, 2.75) is 18.9 Å². The maximum Gasteiger partial charge on any atom is 0.170 e. The molecule has 1 N–H and O–H groups in total. The number of hydrogen-bond acceptors (Lipinski definition) is 3. The molecular formula is C14H15FO3. The van der Waals surface area contributed by atoms with Gasteiger partial charge in [0, 0.05) is 18.6 Å². The van der Waals surface area contributed by atoms with Crippen molar-refractivity contribution in [3.63, 3.8) is 0 Å². The largest absolute Gasteiger partial charge is 0.455 e. The summed E-state index contributed by atoms with van der Waals surface area (Å²) >= 11 is 0. The Morgan fingerprint density at radius 3 is 2.78 bits per heavy atom. The molecule has 0 bridgehead atoms. The molecule has 0 radical (unpaired) electrons. The first kappa shape index (κ1) is 11.7. The average Bonchev–Trinajstić information content (AvgIpc) is 2.84. The monoisotopic (exact) mass is 250 g/mol. The third kappa shape index (κ3) is 2.02. The Bertz CT molecular complexity index is 543. The van der Waals surface area contributed by atoms with E-state index < -0.39 is 11.9 Å². The second-order valence-electron chi connectivity index (χ2n) is 4.70. The number of furan rings is 1. The van der Waals surface area contributed by atoms with Crippen molar-refractivity contribution in [3.8, 4) is 0 Å². The number of benzene rings is 1. The molecule has 1 atom stereocenters. The van der Waals surface area contributed by atoms with E-state index in [0.29, 0.717) is 24.4 Å². The summed E-state index contributed by atoms with van der Waals surface area (Å²) in [5.74, 6) is 0.183. The van der Waals surface area contributed by atoms with Crippen LogP contribution in [0.25, 0.3) is 11.0 Å². The van der Waals surface area contributed by atoms with Gasteiger partial charge in [-0.25, -0.2) is 4.39 Å². The molecule has 1 aromatic carbocycles. The van der Waals surface area contributed by atoms with E-state index in [9.17, 15) is 9.50 Å². The van der Waals surface area contributed by atoms with Crippen LogP contribution in [-0.2, 0) is 4.74 Å². The molecule has 1 saturated heterocycles. The van der Waals surface area contributed by atoms with Crippen LogP contribution in [0.15, 0.2) is 28.7 Å². The van der Waals surface area contributed by atoms with Gasteiger partial charge in [0.15, 0.2) is 11.4 Å². The molecule has 4 heteroatoms. The van der Waals surface area contributed by atoms with E-state index in [2.05, 4.69) is 0 Å². The summed E-state index contributed by atoms with van der Waals surface area (Å²) in [6, 6.07) is 6.49. The van der Waals surface area contributed by atoms with Crippen molar-refractivity contribution < 1.29 is 18.7 Å². The van der Waals surface area contributed by atoms with Gasteiger partial charge in [-0.2, -0.15) is 0 Å². The Balaban J connectivity index is 1.91. The summed E-state index contributed by atoms with van der Waals surface area (Å²) in [6.45, 7) is 1.33. The Morgan fingerprint density at radius 1 is 1.28 bits per heavy atom. The van der Waals surface area contributed by atoms with Crippen molar-refractivity contribution in [2.75, 3.05) is 13.2 Å². The molecule has 2 aromatic rings. The maximum atomic E-state index is 13.5. The Hall–Kier alpha value is -1.39. The molecule has 1 aliphatic rings. The van der Waals surface area contributed by atoms with Gasteiger partial charge in [-0.3, -0.25) is 0 Å². The fourth-order valence-corrected chi connectivity index (χ4v) is 2.46. The second kappa shape index (κ2) is 4.71. The normalized spacial score (nSPS) is 19.2. The van der Waals surface area contributed by atoms with E-state index in [1.54, 1.807) is 18.2 Å². The van der Waals surface area contributed by atoms with Gasteiger partial charge in [0.2, 0.25) is 0 Å². The Kier molecular flexibility index (Phi) is 3.06.